The van der Waals surface area contributed by atoms with E-state index in [1.165, 1.54) is 44.9 Å². The zero-order valence-electron chi connectivity index (χ0n) is 14.7. The van der Waals surface area contributed by atoms with Gasteiger partial charge in [0.1, 0.15) is 0 Å². The van der Waals surface area contributed by atoms with E-state index in [1.54, 1.807) is 0 Å². The first-order valence-electron chi connectivity index (χ1n) is 8.96. The maximum atomic E-state index is 9.99. The first kappa shape index (κ1) is 17.3. The highest BCUT2D eigenvalue weighted by Crippen LogP contribution is 2.64. The Balaban J connectivity index is 2.25. The number of hydrogen-bond acceptors (Lipinski definition) is 2. The van der Waals surface area contributed by atoms with Gasteiger partial charge in [-0.1, -0.05) is 47.0 Å². The van der Waals surface area contributed by atoms with E-state index in [0.29, 0.717) is 5.41 Å². The molecule has 0 amide bonds. The maximum Gasteiger partial charge on any atom is 0.0487 e. The zero-order valence-corrected chi connectivity index (χ0v) is 14.7. The lowest BCUT2D eigenvalue weighted by molar-refractivity contribution is -0.144. The maximum absolute atomic E-state index is 9.99. The fourth-order valence-corrected chi connectivity index (χ4v) is 5.58. The van der Waals surface area contributed by atoms with Crippen molar-refractivity contribution in [3.05, 3.63) is 0 Å². The average Bonchev–Trinajstić information content (AvgIpc) is 2.48. The zero-order chi connectivity index (χ0) is 15.8. The molecule has 2 rings (SSSR count). The summed E-state index contributed by atoms with van der Waals surface area (Å²) < 4.78 is 0. The summed E-state index contributed by atoms with van der Waals surface area (Å²) in [7, 11) is 0. The Morgan fingerprint density at radius 3 is 1.48 bits per heavy atom. The third-order valence-electron chi connectivity index (χ3n) is 7.46. The first-order chi connectivity index (χ1) is 9.74. The molecule has 0 saturated heterocycles. The Bertz CT molecular complexity index is 323. The Labute approximate surface area is 131 Å². The van der Waals surface area contributed by atoms with Gasteiger partial charge in [0.25, 0.3) is 0 Å². The van der Waals surface area contributed by atoms with Gasteiger partial charge in [-0.25, -0.2) is 0 Å². The van der Waals surface area contributed by atoms with Gasteiger partial charge >= 0.3 is 0 Å². The largest absolute Gasteiger partial charge is 0.396 e. The van der Waals surface area contributed by atoms with Crippen molar-refractivity contribution in [2.75, 3.05) is 13.2 Å². The van der Waals surface area contributed by atoms with Crippen molar-refractivity contribution in [2.24, 2.45) is 21.7 Å². The molecule has 0 aromatic heterocycles. The van der Waals surface area contributed by atoms with E-state index < -0.39 is 0 Å². The lowest BCUT2D eigenvalue weighted by Crippen LogP contribution is -2.55. The van der Waals surface area contributed by atoms with Crippen molar-refractivity contribution in [3.63, 3.8) is 0 Å². The molecule has 2 N–H and O–H groups in total. The molecule has 21 heavy (non-hydrogen) atoms. The van der Waals surface area contributed by atoms with E-state index >= 15 is 0 Å². The minimum absolute atomic E-state index is 0.0478. The highest BCUT2D eigenvalue weighted by Gasteiger charge is 2.57. The van der Waals surface area contributed by atoms with Gasteiger partial charge in [-0.05, 0) is 60.2 Å². The van der Waals surface area contributed by atoms with E-state index in [2.05, 4.69) is 27.7 Å². The van der Waals surface area contributed by atoms with Gasteiger partial charge in [0.05, 0.1) is 0 Å². The van der Waals surface area contributed by atoms with Crippen LogP contribution in [0.15, 0.2) is 0 Å². The predicted molar refractivity (Wildman–Crippen MR) is 88.2 cm³/mol. The summed E-state index contributed by atoms with van der Waals surface area (Å²) in [5.41, 5.74) is 0.371. The van der Waals surface area contributed by atoms with Crippen molar-refractivity contribution < 1.29 is 10.2 Å². The molecule has 0 aromatic carbocycles. The minimum atomic E-state index is -0.129. The molecule has 2 saturated carbocycles. The minimum Gasteiger partial charge on any atom is -0.396 e. The van der Waals surface area contributed by atoms with Crippen LogP contribution in [0.2, 0.25) is 0 Å². The summed E-state index contributed by atoms with van der Waals surface area (Å²) >= 11 is 0. The average molecular weight is 296 g/mol. The van der Waals surface area contributed by atoms with Crippen molar-refractivity contribution in [1.29, 1.82) is 0 Å². The molecule has 0 bridgehead atoms. The summed E-state index contributed by atoms with van der Waals surface area (Å²) in [5, 5.41) is 20.0. The number of aliphatic hydroxyl groups is 2. The van der Waals surface area contributed by atoms with Gasteiger partial charge < -0.3 is 10.2 Å². The molecule has 2 heteroatoms. The molecule has 0 heterocycles. The Kier molecular flexibility index (Phi) is 4.81. The van der Waals surface area contributed by atoms with Crippen molar-refractivity contribution >= 4 is 0 Å². The molecular formula is C19H36O2. The molecule has 1 spiro atoms. The summed E-state index contributed by atoms with van der Waals surface area (Å²) in [4.78, 5) is 0. The Hall–Kier alpha value is -0.0800. The SMILES string of the molecule is CC(C)(CO)C1(C(C)(C)CO)CCC2(CCCCC2)CC1. The van der Waals surface area contributed by atoms with Crippen LogP contribution in [0.3, 0.4) is 0 Å². The van der Waals surface area contributed by atoms with Crippen LogP contribution < -0.4 is 0 Å². The quantitative estimate of drug-likeness (QED) is 0.800. The number of hydrogen-bond donors (Lipinski definition) is 2. The molecular weight excluding hydrogens is 260 g/mol. The third kappa shape index (κ3) is 2.79. The fraction of sp³-hybridized carbons (Fsp3) is 1.00. The Morgan fingerprint density at radius 1 is 0.667 bits per heavy atom. The molecule has 0 aliphatic heterocycles. The predicted octanol–water partition coefficient (Wildman–Crippen LogP) is 4.53. The van der Waals surface area contributed by atoms with Gasteiger partial charge in [-0.3, -0.25) is 0 Å². The first-order valence-corrected chi connectivity index (χ1v) is 8.96. The van der Waals surface area contributed by atoms with Crippen LogP contribution in [-0.4, -0.2) is 23.4 Å². The van der Waals surface area contributed by atoms with E-state index in [4.69, 9.17) is 0 Å². The van der Waals surface area contributed by atoms with E-state index in [9.17, 15) is 10.2 Å². The summed E-state index contributed by atoms with van der Waals surface area (Å²) in [6.07, 6.45) is 11.9. The van der Waals surface area contributed by atoms with Gasteiger partial charge in [0.2, 0.25) is 0 Å². The smallest absolute Gasteiger partial charge is 0.0487 e. The standard InChI is InChI=1S/C19H36O2/c1-16(2,14-20)19(17(3,4)15-21)12-10-18(11-13-19)8-6-5-7-9-18/h20-21H,5-15H2,1-4H3. The second-order valence-corrected chi connectivity index (χ2v) is 9.23. The van der Waals surface area contributed by atoms with E-state index in [-0.39, 0.29) is 29.5 Å². The lowest BCUT2D eigenvalue weighted by Gasteiger charge is -2.60. The van der Waals surface area contributed by atoms with Gasteiger partial charge in [-0.15, -0.1) is 0 Å². The van der Waals surface area contributed by atoms with Gasteiger partial charge in [-0.2, -0.15) is 0 Å². The van der Waals surface area contributed by atoms with Gasteiger partial charge in [0, 0.05) is 13.2 Å². The molecule has 2 aliphatic carbocycles. The number of aliphatic hydroxyl groups excluding tert-OH is 2. The molecule has 0 radical (unpaired) electrons. The normalized spacial score (nSPS) is 26.0. The Morgan fingerprint density at radius 2 is 1.10 bits per heavy atom. The summed E-state index contributed by atoms with van der Waals surface area (Å²) in [5.74, 6) is 0. The monoisotopic (exact) mass is 296 g/mol. The van der Waals surface area contributed by atoms with E-state index in [1.807, 2.05) is 0 Å². The van der Waals surface area contributed by atoms with Crippen molar-refractivity contribution in [3.8, 4) is 0 Å². The summed E-state index contributed by atoms with van der Waals surface area (Å²) in [6, 6.07) is 0. The lowest BCUT2D eigenvalue weighted by atomic mass is 9.44. The molecule has 2 aliphatic rings. The summed E-state index contributed by atoms with van der Waals surface area (Å²) in [6.45, 7) is 9.21. The fourth-order valence-electron chi connectivity index (χ4n) is 5.58. The van der Waals surface area contributed by atoms with Crippen molar-refractivity contribution in [2.45, 2.75) is 85.5 Å². The highest BCUT2D eigenvalue weighted by molar-refractivity contribution is 5.06. The molecule has 2 nitrogen and oxygen atoms in total. The molecule has 0 unspecified atom stereocenters. The third-order valence-corrected chi connectivity index (χ3v) is 7.46. The topological polar surface area (TPSA) is 40.5 Å². The van der Waals surface area contributed by atoms with Crippen LogP contribution in [0, 0.1) is 21.7 Å². The number of rotatable bonds is 4. The van der Waals surface area contributed by atoms with Gasteiger partial charge in [0.15, 0.2) is 0 Å². The van der Waals surface area contributed by atoms with E-state index in [0.717, 1.165) is 12.8 Å². The van der Waals surface area contributed by atoms with Crippen LogP contribution in [0.25, 0.3) is 0 Å². The van der Waals surface area contributed by atoms with Crippen LogP contribution in [-0.2, 0) is 0 Å². The van der Waals surface area contributed by atoms with Crippen LogP contribution in [0.5, 0.6) is 0 Å². The molecule has 124 valence electrons. The molecule has 2 fully saturated rings. The van der Waals surface area contributed by atoms with Crippen LogP contribution in [0.1, 0.15) is 85.5 Å². The molecule has 0 aromatic rings. The second kappa shape index (κ2) is 5.85. The van der Waals surface area contributed by atoms with Crippen LogP contribution in [0.4, 0.5) is 0 Å². The van der Waals surface area contributed by atoms with Crippen LogP contribution >= 0.6 is 0 Å². The second-order valence-electron chi connectivity index (χ2n) is 9.23. The van der Waals surface area contributed by atoms with Crippen molar-refractivity contribution in [1.82, 2.24) is 0 Å². The molecule has 0 atom stereocenters. The highest BCUT2D eigenvalue weighted by atomic mass is 16.3.